The highest BCUT2D eigenvalue weighted by Gasteiger charge is 2.36. The van der Waals surface area contributed by atoms with Crippen LogP contribution >= 0.6 is 11.6 Å². The normalized spacial score (nSPS) is 16.6. The Balaban J connectivity index is 2.01. The number of allylic oxidation sites excluding steroid dienone is 1. The number of hydrogen-bond donors (Lipinski definition) is 1. The van der Waals surface area contributed by atoms with Crippen molar-refractivity contribution in [1.82, 2.24) is 4.90 Å². The summed E-state index contributed by atoms with van der Waals surface area (Å²) >= 11 is 5.98. The van der Waals surface area contributed by atoms with E-state index in [1.54, 1.807) is 50.2 Å². The van der Waals surface area contributed by atoms with Gasteiger partial charge >= 0.3 is 11.9 Å². The molecule has 0 saturated heterocycles. The summed E-state index contributed by atoms with van der Waals surface area (Å²) in [5, 5.41) is 9.78. The van der Waals surface area contributed by atoms with Crippen LogP contribution in [0.4, 0.5) is 0 Å². The molecule has 1 heterocycles. The quantitative estimate of drug-likeness (QED) is 0.691. The second-order valence-electron chi connectivity index (χ2n) is 7.01. The number of ether oxygens (including phenoxy) is 1. The maximum atomic E-state index is 13.0. The summed E-state index contributed by atoms with van der Waals surface area (Å²) in [5.74, 6) is -2.09. The lowest BCUT2D eigenvalue weighted by Crippen LogP contribution is -2.38. The maximum absolute atomic E-state index is 13.0. The van der Waals surface area contributed by atoms with E-state index in [0.29, 0.717) is 21.9 Å². The lowest BCUT2D eigenvalue weighted by Gasteiger charge is -2.34. The SMILES string of the molecule is CCOC(=O)C1=C(C)N(Cc2cccc(C(=O)O)c2)C(=O)CC1c1ccc(Cl)cc1. The lowest BCUT2D eigenvalue weighted by atomic mass is 9.83. The molecule has 156 valence electrons. The number of rotatable bonds is 6. The summed E-state index contributed by atoms with van der Waals surface area (Å²) < 4.78 is 5.27. The van der Waals surface area contributed by atoms with Crippen molar-refractivity contribution in [2.45, 2.75) is 32.7 Å². The Morgan fingerprint density at radius 1 is 1.20 bits per heavy atom. The van der Waals surface area contributed by atoms with Crippen molar-refractivity contribution >= 4 is 29.4 Å². The molecule has 1 unspecified atom stereocenters. The lowest BCUT2D eigenvalue weighted by molar-refractivity contribution is -0.140. The van der Waals surface area contributed by atoms with Crippen LogP contribution < -0.4 is 0 Å². The third-order valence-electron chi connectivity index (χ3n) is 5.11. The molecule has 0 aromatic heterocycles. The second-order valence-corrected chi connectivity index (χ2v) is 7.45. The van der Waals surface area contributed by atoms with Crippen molar-refractivity contribution in [1.29, 1.82) is 0 Å². The largest absolute Gasteiger partial charge is 0.478 e. The number of carboxylic acids is 1. The molecule has 30 heavy (non-hydrogen) atoms. The Labute approximate surface area is 179 Å². The fraction of sp³-hybridized carbons (Fsp3) is 0.261. The number of esters is 1. The number of aromatic carboxylic acids is 1. The summed E-state index contributed by atoms with van der Waals surface area (Å²) in [6.45, 7) is 3.83. The third kappa shape index (κ3) is 4.54. The molecule has 1 amide bonds. The zero-order chi connectivity index (χ0) is 21.8. The van der Waals surface area contributed by atoms with Crippen LogP contribution in [-0.4, -0.2) is 34.5 Å². The van der Waals surface area contributed by atoms with E-state index in [2.05, 4.69) is 0 Å². The van der Waals surface area contributed by atoms with E-state index in [0.717, 1.165) is 5.56 Å². The van der Waals surface area contributed by atoms with Gasteiger partial charge in [0.1, 0.15) is 0 Å². The number of carboxylic acid groups (broad SMARTS) is 1. The van der Waals surface area contributed by atoms with Gasteiger partial charge in [-0.25, -0.2) is 9.59 Å². The van der Waals surface area contributed by atoms with Gasteiger partial charge in [-0.1, -0.05) is 35.9 Å². The highest BCUT2D eigenvalue weighted by atomic mass is 35.5. The Kier molecular flexibility index (Phi) is 6.57. The molecule has 1 N–H and O–H groups in total. The Morgan fingerprint density at radius 3 is 2.53 bits per heavy atom. The van der Waals surface area contributed by atoms with Gasteiger partial charge in [-0.2, -0.15) is 0 Å². The van der Waals surface area contributed by atoms with Gasteiger partial charge in [0.25, 0.3) is 0 Å². The number of carbonyl (C=O) groups is 3. The van der Waals surface area contributed by atoms with Crippen LogP contribution in [0.15, 0.2) is 59.8 Å². The molecule has 7 heteroatoms. The molecule has 0 aliphatic carbocycles. The summed E-state index contributed by atoms with van der Waals surface area (Å²) in [6, 6.07) is 13.5. The van der Waals surface area contributed by atoms with Gasteiger partial charge in [-0.05, 0) is 49.2 Å². The molecule has 1 aliphatic heterocycles. The van der Waals surface area contributed by atoms with E-state index < -0.39 is 17.9 Å². The molecule has 1 atom stereocenters. The van der Waals surface area contributed by atoms with E-state index in [-0.39, 0.29) is 31.0 Å². The first-order valence-electron chi connectivity index (χ1n) is 9.57. The van der Waals surface area contributed by atoms with E-state index in [1.165, 1.54) is 17.0 Å². The number of halogens is 1. The summed E-state index contributed by atoms with van der Waals surface area (Å²) in [6.07, 6.45) is 0.103. The van der Waals surface area contributed by atoms with Crippen molar-refractivity contribution in [3.8, 4) is 0 Å². The molecule has 6 nitrogen and oxygen atoms in total. The van der Waals surface area contributed by atoms with Crippen molar-refractivity contribution in [3.05, 3.63) is 81.5 Å². The third-order valence-corrected chi connectivity index (χ3v) is 5.36. The predicted molar refractivity (Wildman–Crippen MR) is 112 cm³/mol. The first kappa shape index (κ1) is 21.6. The molecule has 0 bridgehead atoms. The molecule has 0 spiro atoms. The first-order valence-corrected chi connectivity index (χ1v) is 9.95. The van der Waals surface area contributed by atoms with Gasteiger partial charge in [0.15, 0.2) is 0 Å². The fourth-order valence-corrected chi connectivity index (χ4v) is 3.77. The zero-order valence-electron chi connectivity index (χ0n) is 16.7. The van der Waals surface area contributed by atoms with Crippen molar-refractivity contribution in [2.24, 2.45) is 0 Å². The van der Waals surface area contributed by atoms with Gasteiger partial charge in [0.05, 0.1) is 24.3 Å². The minimum atomic E-state index is -1.04. The number of benzene rings is 2. The highest BCUT2D eigenvalue weighted by molar-refractivity contribution is 6.30. The van der Waals surface area contributed by atoms with Crippen LogP contribution in [0.5, 0.6) is 0 Å². The van der Waals surface area contributed by atoms with E-state index in [9.17, 15) is 19.5 Å². The van der Waals surface area contributed by atoms with E-state index in [4.69, 9.17) is 16.3 Å². The van der Waals surface area contributed by atoms with Crippen LogP contribution in [0.25, 0.3) is 0 Å². The Hall–Kier alpha value is -3.12. The van der Waals surface area contributed by atoms with Crippen molar-refractivity contribution in [3.63, 3.8) is 0 Å². The highest BCUT2D eigenvalue weighted by Crippen LogP contribution is 2.38. The fourth-order valence-electron chi connectivity index (χ4n) is 3.64. The van der Waals surface area contributed by atoms with Crippen LogP contribution in [0.1, 0.15) is 47.7 Å². The van der Waals surface area contributed by atoms with Crippen LogP contribution in [0.3, 0.4) is 0 Å². The van der Waals surface area contributed by atoms with E-state index in [1.807, 2.05) is 0 Å². The Bertz CT molecular complexity index is 1010. The van der Waals surface area contributed by atoms with Crippen LogP contribution in [0, 0.1) is 0 Å². The number of hydrogen-bond acceptors (Lipinski definition) is 4. The smallest absolute Gasteiger partial charge is 0.336 e. The predicted octanol–water partition coefficient (Wildman–Crippen LogP) is 4.39. The van der Waals surface area contributed by atoms with Crippen LogP contribution in [-0.2, 0) is 20.9 Å². The minimum absolute atomic E-state index is 0.103. The minimum Gasteiger partial charge on any atom is -0.478 e. The van der Waals surface area contributed by atoms with Gasteiger partial charge in [0, 0.05) is 23.1 Å². The number of carbonyl (C=O) groups excluding carboxylic acids is 2. The summed E-state index contributed by atoms with van der Waals surface area (Å²) in [7, 11) is 0. The van der Waals surface area contributed by atoms with Gasteiger partial charge in [0.2, 0.25) is 5.91 Å². The molecule has 3 rings (SSSR count). The average Bonchev–Trinajstić information content (AvgIpc) is 2.71. The van der Waals surface area contributed by atoms with Crippen LogP contribution in [0.2, 0.25) is 5.02 Å². The maximum Gasteiger partial charge on any atom is 0.336 e. The van der Waals surface area contributed by atoms with E-state index >= 15 is 0 Å². The van der Waals surface area contributed by atoms with Crippen molar-refractivity contribution in [2.75, 3.05) is 6.61 Å². The summed E-state index contributed by atoms with van der Waals surface area (Å²) in [5.41, 5.74) is 2.54. The molecule has 0 saturated carbocycles. The molecule has 2 aromatic carbocycles. The topological polar surface area (TPSA) is 83.9 Å². The Morgan fingerprint density at radius 2 is 1.90 bits per heavy atom. The monoisotopic (exact) mass is 427 g/mol. The molecule has 1 aliphatic rings. The molecular weight excluding hydrogens is 406 g/mol. The zero-order valence-corrected chi connectivity index (χ0v) is 17.5. The first-order chi connectivity index (χ1) is 14.3. The number of amides is 1. The standard InChI is InChI=1S/C23H22ClNO5/c1-3-30-23(29)21-14(2)25(13-15-5-4-6-17(11-15)22(27)28)20(26)12-19(21)16-7-9-18(24)10-8-16/h4-11,19H,3,12-13H2,1-2H3,(H,27,28). The molecular formula is C23H22ClNO5. The summed E-state index contributed by atoms with van der Waals surface area (Å²) in [4.78, 5) is 38.6. The van der Waals surface area contributed by atoms with Gasteiger partial charge in [-0.15, -0.1) is 0 Å². The second kappa shape index (κ2) is 9.13. The number of nitrogens with zero attached hydrogens (tertiary/aromatic N) is 1. The molecule has 0 fully saturated rings. The molecule has 2 aromatic rings. The van der Waals surface area contributed by atoms with Gasteiger partial charge < -0.3 is 14.7 Å². The average molecular weight is 428 g/mol. The van der Waals surface area contributed by atoms with Crippen molar-refractivity contribution < 1.29 is 24.2 Å². The molecule has 0 radical (unpaired) electrons. The van der Waals surface area contributed by atoms with Gasteiger partial charge in [-0.3, -0.25) is 4.79 Å².